The van der Waals surface area contributed by atoms with Gasteiger partial charge in [0.15, 0.2) is 0 Å². The summed E-state index contributed by atoms with van der Waals surface area (Å²) in [4.78, 5) is 24.9. The topological polar surface area (TPSA) is 78.9 Å². The number of carbonyl (C=O) groups is 2. The van der Waals surface area contributed by atoms with Gasteiger partial charge in [0.05, 0.1) is 6.10 Å². The largest absolute Gasteiger partial charge is 0.480 e. The van der Waals surface area contributed by atoms with E-state index in [4.69, 9.17) is 9.84 Å². The number of hydrogen-bond donors (Lipinski definition) is 2. The van der Waals surface area contributed by atoms with E-state index in [0.717, 1.165) is 25.7 Å². The number of ether oxygens (including phenoxy) is 1. The summed E-state index contributed by atoms with van der Waals surface area (Å²) in [5, 5.41) is 11.7. The van der Waals surface area contributed by atoms with Gasteiger partial charge in [-0.05, 0) is 26.2 Å². The van der Waals surface area contributed by atoms with Gasteiger partial charge in [-0.15, -0.1) is 0 Å². The normalized spacial score (nSPS) is 20.5. The molecule has 0 bridgehead atoms. The van der Waals surface area contributed by atoms with Gasteiger partial charge in [0.2, 0.25) is 0 Å². The molecule has 116 valence electrons. The number of nitrogens with one attached hydrogen (secondary N) is 1. The Morgan fingerprint density at radius 2 is 2.20 bits per heavy atom. The SMILES string of the molecule is CCCC[C@H](NC(=O)N1CCCC(OCC)C1)C(=O)O. The van der Waals surface area contributed by atoms with Crippen LogP contribution in [-0.2, 0) is 9.53 Å². The number of urea groups is 1. The lowest BCUT2D eigenvalue weighted by Crippen LogP contribution is -2.52. The van der Waals surface area contributed by atoms with Crippen molar-refractivity contribution in [2.24, 2.45) is 0 Å². The standard InChI is InChI=1S/C14H26N2O4/c1-3-5-8-12(13(17)18)15-14(19)16-9-6-7-11(10-16)20-4-2/h11-12H,3-10H2,1-2H3,(H,15,19)(H,17,18)/t11?,12-/m0/s1. The number of hydrogen-bond acceptors (Lipinski definition) is 3. The summed E-state index contributed by atoms with van der Waals surface area (Å²) in [7, 11) is 0. The van der Waals surface area contributed by atoms with Crippen LogP contribution in [0.1, 0.15) is 46.0 Å². The van der Waals surface area contributed by atoms with Crippen LogP contribution in [0.5, 0.6) is 0 Å². The van der Waals surface area contributed by atoms with Gasteiger partial charge < -0.3 is 20.1 Å². The number of amides is 2. The molecule has 0 saturated carbocycles. The Bertz CT molecular complexity index is 320. The van der Waals surface area contributed by atoms with Crippen molar-refractivity contribution in [3.05, 3.63) is 0 Å². The third-order valence-corrected chi connectivity index (χ3v) is 3.51. The van der Waals surface area contributed by atoms with E-state index in [1.54, 1.807) is 4.90 Å². The molecule has 1 rings (SSSR count). The number of carbonyl (C=O) groups excluding carboxylic acids is 1. The van der Waals surface area contributed by atoms with E-state index < -0.39 is 12.0 Å². The minimum Gasteiger partial charge on any atom is -0.480 e. The van der Waals surface area contributed by atoms with Crippen LogP contribution in [0.4, 0.5) is 4.79 Å². The van der Waals surface area contributed by atoms with Crippen molar-refractivity contribution in [2.45, 2.75) is 58.1 Å². The summed E-state index contributed by atoms with van der Waals surface area (Å²) in [5.41, 5.74) is 0. The molecule has 20 heavy (non-hydrogen) atoms. The van der Waals surface area contributed by atoms with Crippen LogP contribution in [-0.4, -0.2) is 53.8 Å². The Balaban J connectivity index is 2.48. The maximum Gasteiger partial charge on any atom is 0.326 e. The predicted molar refractivity (Wildman–Crippen MR) is 75.7 cm³/mol. The van der Waals surface area contributed by atoms with Gasteiger partial charge in [0.1, 0.15) is 6.04 Å². The summed E-state index contributed by atoms with van der Waals surface area (Å²) in [5.74, 6) is -0.967. The molecule has 2 amide bonds. The fraction of sp³-hybridized carbons (Fsp3) is 0.857. The molecular weight excluding hydrogens is 260 g/mol. The van der Waals surface area contributed by atoms with Crippen molar-refractivity contribution >= 4 is 12.0 Å². The summed E-state index contributed by atoms with van der Waals surface area (Å²) < 4.78 is 5.54. The molecule has 1 heterocycles. The van der Waals surface area contributed by atoms with Gasteiger partial charge in [-0.2, -0.15) is 0 Å². The lowest BCUT2D eigenvalue weighted by molar-refractivity contribution is -0.139. The van der Waals surface area contributed by atoms with Crippen molar-refractivity contribution in [3.8, 4) is 0 Å². The van der Waals surface area contributed by atoms with Crippen molar-refractivity contribution in [3.63, 3.8) is 0 Å². The van der Waals surface area contributed by atoms with Crippen molar-refractivity contribution in [2.75, 3.05) is 19.7 Å². The minimum atomic E-state index is -0.967. The van der Waals surface area contributed by atoms with Crippen molar-refractivity contribution in [1.29, 1.82) is 0 Å². The first-order valence-electron chi connectivity index (χ1n) is 7.48. The van der Waals surface area contributed by atoms with E-state index in [-0.39, 0.29) is 12.1 Å². The van der Waals surface area contributed by atoms with E-state index in [1.807, 2.05) is 13.8 Å². The average Bonchev–Trinajstić information content (AvgIpc) is 2.43. The lowest BCUT2D eigenvalue weighted by Gasteiger charge is -2.33. The van der Waals surface area contributed by atoms with Crippen molar-refractivity contribution in [1.82, 2.24) is 10.2 Å². The summed E-state index contributed by atoms with van der Waals surface area (Å²) >= 11 is 0. The molecule has 1 saturated heterocycles. The zero-order valence-electron chi connectivity index (χ0n) is 12.4. The molecule has 1 aliphatic heterocycles. The molecule has 2 N–H and O–H groups in total. The molecule has 1 unspecified atom stereocenters. The molecule has 0 aromatic rings. The van der Waals surface area contributed by atoms with Crippen LogP contribution in [0.25, 0.3) is 0 Å². The van der Waals surface area contributed by atoms with E-state index >= 15 is 0 Å². The Labute approximate surface area is 120 Å². The van der Waals surface area contributed by atoms with Crippen molar-refractivity contribution < 1.29 is 19.4 Å². The molecule has 0 aromatic carbocycles. The number of carboxylic acids is 1. The van der Waals surface area contributed by atoms with Crippen LogP contribution < -0.4 is 5.32 Å². The van der Waals surface area contributed by atoms with Crippen LogP contribution in [0, 0.1) is 0 Å². The number of aliphatic carboxylic acids is 1. The van der Waals surface area contributed by atoms with E-state index in [2.05, 4.69) is 5.32 Å². The zero-order valence-corrected chi connectivity index (χ0v) is 12.4. The van der Waals surface area contributed by atoms with Crippen LogP contribution in [0.3, 0.4) is 0 Å². The summed E-state index contributed by atoms with van der Waals surface area (Å²) in [6.07, 6.45) is 4.09. The third-order valence-electron chi connectivity index (χ3n) is 3.51. The molecule has 0 aliphatic carbocycles. The Morgan fingerprint density at radius 1 is 1.45 bits per heavy atom. The highest BCUT2D eigenvalue weighted by atomic mass is 16.5. The first-order chi connectivity index (χ1) is 9.58. The van der Waals surface area contributed by atoms with Crippen LogP contribution in [0.2, 0.25) is 0 Å². The van der Waals surface area contributed by atoms with Gasteiger partial charge in [0.25, 0.3) is 0 Å². The van der Waals surface area contributed by atoms with Gasteiger partial charge in [-0.1, -0.05) is 19.8 Å². The van der Waals surface area contributed by atoms with Gasteiger partial charge in [0, 0.05) is 19.7 Å². The van der Waals surface area contributed by atoms with E-state index in [0.29, 0.717) is 26.1 Å². The maximum absolute atomic E-state index is 12.1. The maximum atomic E-state index is 12.1. The first-order valence-corrected chi connectivity index (χ1v) is 7.48. The molecule has 6 heteroatoms. The summed E-state index contributed by atoms with van der Waals surface area (Å²) in [6, 6.07) is -1.09. The van der Waals surface area contributed by atoms with Crippen LogP contribution >= 0.6 is 0 Å². The second-order valence-electron chi connectivity index (χ2n) is 5.15. The molecule has 1 aliphatic rings. The molecule has 0 radical (unpaired) electrons. The second-order valence-corrected chi connectivity index (χ2v) is 5.15. The van der Waals surface area contributed by atoms with Gasteiger partial charge in [-0.25, -0.2) is 9.59 Å². The molecule has 0 aromatic heterocycles. The number of likely N-dealkylation sites (tertiary alicyclic amines) is 1. The zero-order chi connectivity index (χ0) is 15.0. The predicted octanol–water partition coefficient (Wildman–Crippen LogP) is 1.84. The smallest absolute Gasteiger partial charge is 0.326 e. The van der Waals surface area contributed by atoms with E-state index in [9.17, 15) is 9.59 Å². The fourth-order valence-electron chi connectivity index (χ4n) is 2.40. The number of rotatable bonds is 7. The second kappa shape index (κ2) is 8.79. The Morgan fingerprint density at radius 3 is 2.80 bits per heavy atom. The van der Waals surface area contributed by atoms with Gasteiger partial charge in [-0.3, -0.25) is 0 Å². The van der Waals surface area contributed by atoms with Crippen LogP contribution in [0.15, 0.2) is 0 Å². The average molecular weight is 286 g/mol. The first kappa shape index (κ1) is 16.8. The Kier molecular flexibility index (Phi) is 7.36. The molecule has 1 fully saturated rings. The lowest BCUT2D eigenvalue weighted by atomic mass is 10.1. The number of unbranched alkanes of at least 4 members (excludes halogenated alkanes) is 1. The molecule has 0 spiro atoms. The molecule has 6 nitrogen and oxygen atoms in total. The highest BCUT2D eigenvalue weighted by Crippen LogP contribution is 2.13. The fourth-order valence-corrected chi connectivity index (χ4v) is 2.40. The summed E-state index contributed by atoms with van der Waals surface area (Å²) in [6.45, 7) is 5.77. The number of carboxylic acid groups (broad SMARTS) is 1. The Hall–Kier alpha value is -1.30. The third kappa shape index (κ3) is 5.36. The monoisotopic (exact) mass is 286 g/mol. The number of piperidine rings is 1. The number of nitrogens with zero attached hydrogens (tertiary/aromatic N) is 1. The van der Waals surface area contributed by atoms with Gasteiger partial charge >= 0.3 is 12.0 Å². The molecular formula is C14H26N2O4. The van der Waals surface area contributed by atoms with E-state index in [1.165, 1.54) is 0 Å². The highest BCUT2D eigenvalue weighted by molar-refractivity contribution is 5.82. The minimum absolute atomic E-state index is 0.0680. The quantitative estimate of drug-likeness (QED) is 0.748. The molecule has 2 atom stereocenters. The highest BCUT2D eigenvalue weighted by Gasteiger charge is 2.27.